The molecule has 70 valence electrons. The third-order valence-corrected chi connectivity index (χ3v) is 2.25. The molecule has 0 spiro atoms. The van der Waals surface area contributed by atoms with Crippen LogP contribution in [0.5, 0.6) is 0 Å². The molecular formula is C12H17N. The first-order valence-corrected chi connectivity index (χ1v) is 4.60. The van der Waals surface area contributed by atoms with Crippen LogP contribution in [0, 0.1) is 0 Å². The fourth-order valence-corrected chi connectivity index (χ4v) is 1.58. The maximum atomic E-state index is 3.73. The van der Waals surface area contributed by atoms with Crippen molar-refractivity contribution in [3.8, 4) is 0 Å². The molecule has 1 aliphatic rings. The molecule has 0 atom stereocenters. The van der Waals surface area contributed by atoms with E-state index in [9.17, 15) is 0 Å². The van der Waals surface area contributed by atoms with Crippen molar-refractivity contribution in [2.45, 2.75) is 6.42 Å². The van der Waals surface area contributed by atoms with Gasteiger partial charge in [0.25, 0.3) is 0 Å². The summed E-state index contributed by atoms with van der Waals surface area (Å²) in [6.45, 7) is 9.60. The van der Waals surface area contributed by atoms with E-state index in [1.807, 2.05) is 12.2 Å². The molecule has 1 heterocycles. The number of rotatable bonds is 2. The lowest BCUT2D eigenvalue weighted by Gasteiger charge is -2.26. The van der Waals surface area contributed by atoms with E-state index >= 15 is 0 Å². The molecule has 13 heavy (non-hydrogen) atoms. The molecule has 1 rings (SSSR count). The molecular weight excluding hydrogens is 158 g/mol. The SMILES string of the molecule is C=C/C=C1/CCN(C)C/C1=C/C=C. The zero-order valence-electron chi connectivity index (χ0n) is 8.29. The Labute approximate surface area is 80.7 Å². The van der Waals surface area contributed by atoms with E-state index in [4.69, 9.17) is 0 Å². The van der Waals surface area contributed by atoms with Gasteiger partial charge in [-0.05, 0) is 24.6 Å². The van der Waals surface area contributed by atoms with Crippen LogP contribution in [0.25, 0.3) is 0 Å². The molecule has 0 saturated carbocycles. The summed E-state index contributed by atoms with van der Waals surface area (Å²) in [5.41, 5.74) is 2.76. The van der Waals surface area contributed by atoms with Gasteiger partial charge in [0.2, 0.25) is 0 Å². The molecule has 0 radical (unpaired) electrons. The van der Waals surface area contributed by atoms with E-state index in [0.29, 0.717) is 0 Å². The molecule has 0 aromatic rings. The average Bonchev–Trinajstić information content (AvgIpc) is 2.10. The number of likely N-dealkylation sites (N-methyl/N-ethyl adjacent to an activating group) is 1. The lowest BCUT2D eigenvalue weighted by Crippen LogP contribution is -2.28. The monoisotopic (exact) mass is 175 g/mol. The smallest absolute Gasteiger partial charge is 0.0233 e. The van der Waals surface area contributed by atoms with Crippen LogP contribution in [0.4, 0.5) is 0 Å². The first-order valence-electron chi connectivity index (χ1n) is 4.60. The van der Waals surface area contributed by atoms with E-state index in [1.54, 1.807) is 0 Å². The van der Waals surface area contributed by atoms with Crippen molar-refractivity contribution in [3.05, 3.63) is 48.6 Å². The summed E-state index contributed by atoms with van der Waals surface area (Å²) in [7, 11) is 2.14. The molecule has 0 bridgehead atoms. The van der Waals surface area contributed by atoms with Crippen molar-refractivity contribution in [1.29, 1.82) is 0 Å². The molecule has 1 nitrogen and oxygen atoms in total. The summed E-state index contributed by atoms with van der Waals surface area (Å²) in [4.78, 5) is 2.32. The van der Waals surface area contributed by atoms with Crippen LogP contribution < -0.4 is 0 Å². The lowest BCUT2D eigenvalue weighted by molar-refractivity contribution is 0.348. The van der Waals surface area contributed by atoms with Gasteiger partial charge in [-0.1, -0.05) is 37.5 Å². The highest BCUT2D eigenvalue weighted by Crippen LogP contribution is 2.21. The Morgan fingerprint density at radius 3 is 2.38 bits per heavy atom. The summed E-state index contributed by atoms with van der Waals surface area (Å²) in [5.74, 6) is 0. The molecule has 1 aliphatic heterocycles. The van der Waals surface area contributed by atoms with Gasteiger partial charge in [0, 0.05) is 13.1 Å². The predicted octanol–water partition coefficient (Wildman–Crippen LogP) is 2.55. The second kappa shape index (κ2) is 4.83. The van der Waals surface area contributed by atoms with Gasteiger partial charge in [0.15, 0.2) is 0 Å². The van der Waals surface area contributed by atoms with E-state index in [-0.39, 0.29) is 0 Å². The Morgan fingerprint density at radius 2 is 1.77 bits per heavy atom. The summed E-state index contributed by atoms with van der Waals surface area (Å²) < 4.78 is 0. The summed E-state index contributed by atoms with van der Waals surface area (Å²) in [6.07, 6.45) is 9.01. The largest absolute Gasteiger partial charge is 0.302 e. The number of hydrogen-bond acceptors (Lipinski definition) is 1. The predicted molar refractivity (Wildman–Crippen MR) is 58.7 cm³/mol. The van der Waals surface area contributed by atoms with Gasteiger partial charge in [-0.25, -0.2) is 0 Å². The Morgan fingerprint density at radius 1 is 1.15 bits per heavy atom. The van der Waals surface area contributed by atoms with Gasteiger partial charge >= 0.3 is 0 Å². The molecule has 1 saturated heterocycles. The zero-order chi connectivity index (χ0) is 9.68. The maximum Gasteiger partial charge on any atom is 0.0233 e. The van der Waals surface area contributed by atoms with Gasteiger partial charge in [-0.2, -0.15) is 0 Å². The Kier molecular flexibility index (Phi) is 3.71. The molecule has 1 fully saturated rings. The van der Waals surface area contributed by atoms with Crippen LogP contribution in [-0.4, -0.2) is 25.0 Å². The molecule has 0 aliphatic carbocycles. The second-order valence-corrected chi connectivity index (χ2v) is 3.34. The molecule has 0 amide bonds. The van der Waals surface area contributed by atoms with Gasteiger partial charge < -0.3 is 4.90 Å². The Bertz CT molecular complexity index is 258. The molecule has 0 N–H and O–H groups in total. The summed E-state index contributed by atoms with van der Waals surface area (Å²) >= 11 is 0. The van der Waals surface area contributed by atoms with Crippen molar-refractivity contribution in [3.63, 3.8) is 0 Å². The van der Waals surface area contributed by atoms with E-state index in [2.05, 4.69) is 37.3 Å². The average molecular weight is 175 g/mol. The highest BCUT2D eigenvalue weighted by Gasteiger charge is 2.13. The third kappa shape index (κ3) is 2.71. The van der Waals surface area contributed by atoms with Crippen molar-refractivity contribution < 1.29 is 0 Å². The van der Waals surface area contributed by atoms with Crippen molar-refractivity contribution in [1.82, 2.24) is 4.90 Å². The van der Waals surface area contributed by atoms with E-state index in [1.165, 1.54) is 11.1 Å². The van der Waals surface area contributed by atoms with Gasteiger partial charge in [-0.3, -0.25) is 0 Å². The number of hydrogen-bond donors (Lipinski definition) is 0. The second-order valence-electron chi connectivity index (χ2n) is 3.34. The minimum absolute atomic E-state index is 1.02. The number of allylic oxidation sites excluding steroid dienone is 4. The van der Waals surface area contributed by atoms with Crippen LogP contribution >= 0.6 is 0 Å². The topological polar surface area (TPSA) is 3.24 Å². The highest BCUT2D eigenvalue weighted by molar-refractivity contribution is 5.38. The van der Waals surface area contributed by atoms with Gasteiger partial charge in [0.05, 0.1) is 0 Å². The van der Waals surface area contributed by atoms with Crippen LogP contribution in [0.1, 0.15) is 6.42 Å². The number of nitrogens with zero attached hydrogens (tertiary/aromatic N) is 1. The van der Waals surface area contributed by atoms with Gasteiger partial charge in [-0.15, -0.1) is 0 Å². The lowest BCUT2D eigenvalue weighted by atomic mass is 9.97. The Hall–Kier alpha value is -1.08. The first kappa shape index (κ1) is 10.0. The van der Waals surface area contributed by atoms with Crippen LogP contribution in [0.3, 0.4) is 0 Å². The van der Waals surface area contributed by atoms with Crippen LogP contribution in [0.2, 0.25) is 0 Å². The Balaban J connectivity index is 2.83. The number of piperidine rings is 1. The number of likely N-dealkylation sites (tertiary alicyclic amines) is 1. The van der Waals surface area contributed by atoms with Crippen molar-refractivity contribution in [2.24, 2.45) is 0 Å². The molecule has 0 aromatic carbocycles. The fraction of sp³-hybridized carbons (Fsp3) is 0.333. The standard InChI is InChI=1S/C12H17N/c1-4-6-11-8-9-13(3)10-12(11)7-5-2/h4-7H,1-2,8-10H2,3H3/b11-6-,12-7-. The van der Waals surface area contributed by atoms with Crippen molar-refractivity contribution in [2.75, 3.05) is 20.1 Å². The highest BCUT2D eigenvalue weighted by atomic mass is 15.1. The first-order chi connectivity index (χ1) is 6.27. The minimum Gasteiger partial charge on any atom is -0.302 e. The fourth-order valence-electron chi connectivity index (χ4n) is 1.58. The quantitative estimate of drug-likeness (QED) is 0.623. The molecule has 1 heteroatoms. The summed E-state index contributed by atoms with van der Waals surface area (Å²) in [6, 6.07) is 0. The maximum absolute atomic E-state index is 3.73. The minimum atomic E-state index is 1.02. The van der Waals surface area contributed by atoms with E-state index in [0.717, 1.165) is 19.5 Å². The van der Waals surface area contributed by atoms with Gasteiger partial charge in [0.1, 0.15) is 0 Å². The third-order valence-electron chi connectivity index (χ3n) is 2.25. The normalized spacial score (nSPS) is 25.0. The molecule has 0 aromatic heterocycles. The van der Waals surface area contributed by atoms with Crippen LogP contribution in [0.15, 0.2) is 48.6 Å². The van der Waals surface area contributed by atoms with E-state index < -0.39 is 0 Å². The zero-order valence-corrected chi connectivity index (χ0v) is 8.29. The van der Waals surface area contributed by atoms with Crippen LogP contribution in [-0.2, 0) is 0 Å². The summed E-state index contributed by atoms with van der Waals surface area (Å²) in [5, 5.41) is 0. The van der Waals surface area contributed by atoms with Crippen molar-refractivity contribution >= 4 is 0 Å². The molecule has 0 unspecified atom stereocenters.